The third-order valence-electron chi connectivity index (χ3n) is 3.77. The number of hydrogen-bond acceptors (Lipinski definition) is 5. The van der Waals surface area contributed by atoms with Gasteiger partial charge in [-0.05, 0) is 35.9 Å². The Balaban J connectivity index is 2.18. The van der Waals surface area contributed by atoms with Gasteiger partial charge in [-0.3, -0.25) is 14.4 Å². The van der Waals surface area contributed by atoms with Gasteiger partial charge in [-0.2, -0.15) is 5.26 Å². The van der Waals surface area contributed by atoms with Gasteiger partial charge in [-0.25, -0.2) is 0 Å². The van der Waals surface area contributed by atoms with E-state index in [1.165, 1.54) is 12.1 Å². The van der Waals surface area contributed by atoms with Gasteiger partial charge >= 0.3 is 5.97 Å². The first kappa shape index (κ1) is 23.0. The number of rotatable bonds is 8. The van der Waals surface area contributed by atoms with Crippen LogP contribution in [0.4, 0.5) is 5.69 Å². The molecule has 0 bridgehead atoms. The van der Waals surface area contributed by atoms with Crippen molar-refractivity contribution in [3.63, 3.8) is 0 Å². The summed E-state index contributed by atoms with van der Waals surface area (Å²) in [6.07, 6.45) is 0.292. The molecular formula is C20H17Cl2N3O5. The molecule has 0 saturated carbocycles. The molecule has 2 aromatic rings. The molecule has 10 heteroatoms. The molecule has 0 radical (unpaired) electrons. The van der Waals surface area contributed by atoms with Crippen molar-refractivity contribution in [2.45, 2.75) is 20.0 Å². The number of nitrogens with zero attached hydrogens (tertiary/aromatic N) is 1. The maximum Gasteiger partial charge on any atom is 0.322 e. The number of ether oxygens (including phenoxy) is 1. The van der Waals surface area contributed by atoms with Crippen LogP contribution in [0.2, 0.25) is 10.0 Å². The minimum absolute atomic E-state index is 0.00544. The molecule has 30 heavy (non-hydrogen) atoms. The highest BCUT2D eigenvalue weighted by atomic mass is 35.5. The van der Waals surface area contributed by atoms with Crippen LogP contribution >= 0.6 is 23.2 Å². The molecule has 0 aromatic heterocycles. The van der Waals surface area contributed by atoms with E-state index in [2.05, 4.69) is 10.6 Å². The van der Waals surface area contributed by atoms with E-state index in [-0.39, 0.29) is 33.9 Å². The standard InChI is InChI=1S/C20H17Cl2N3O5/c1-2-17(26)25-14-4-11(8-23)3-12(5-14)10-30-19-15(21)6-13(7-16(19)22)20(29)24-9-18(27)28/h3-7H,2,9-10H2,1H3,(H,24,29)(H,25,26)(H,27,28). The van der Waals surface area contributed by atoms with Gasteiger partial charge in [-0.15, -0.1) is 0 Å². The SMILES string of the molecule is CCC(=O)Nc1cc(C#N)cc(COc2c(Cl)cc(C(=O)NCC(=O)O)cc2Cl)c1. The van der Waals surface area contributed by atoms with Gasteiger partial charge in [0.15, 0.2) is 5.75 Å². The third kappa shape index (κ3) is 6.37. The molecule has 0 fully saturated rings. The second kappa shape index (κ2) is 10.5. The van der Waals surface area contributed by atoms with E-state index in [9.17, 15) is 19.6 Å². The summed E-state index contributed by atoms with van der Waals surface area (Å²) >= 11 is 12.3. The molecule has 156 valence electrons. The van der Waals surface area contributed by atoms with Crippen molar-refractivity contribution in [2.24, 2.45) is 0 Å². The highest BCUT2D eigenvalue weighted by Gasteiger charge is 2.15. The van der Waals surface area contributed by atoms with Crippen LogP contribution in [0.15, 0.2) is 30.3 Å². The third-order valence-corrected chi connectivity index (χ3v) is 4.33. The highest BCUT2D eigenvalue weighted by molar-refractivity contribution is 6.37. The Labute approximate surface area is 182 Å². The van der Waals surface area contributed by atoms with E-state index < -0.39 is 18.4 Å². The minimum Gasteiger partial charge on any atom is -0.486 e. The fraction of sp³-hybridized carbons (Fsp3) is 0.200. The van der Waals surface area contributed by atoms with Gasteiger partial charge in [0.2, 0.25) is 5.91 Å². The lowest BCUT2D eigenvalue weighted by atomic mass is 10.1. The first-order chi connectivity index (χ1) is 14.2. The van der Waals surface area contributed by atoms with Crippen LogP contribution in [0.5, 0.6) is 5.75 Å². The van der Waals surface area contributed by atoms with E-state index in [1.54, 1.807) is 25.1 Å². The Kier molecular flexibility index (Phi) is 8.04. The fourth-order valence-corrected chi connectivity index (χ4v) is 3.00. The summed E-state index contributed by atoms with van der Waals surface area (Å²) in [5, 5.41) is 22.8. The summed E-state index contributed by atoms with van der Waals surface area (Å²) in [6.45, 7) is 1.16. The maximum atomic E-state index is 12.0. The molecule has 0 aliphatic heterocycles. The Morgan fingerprint density at radius 2 is 1.80 bits per heavy atom. The molecule has 0 atom stereocenters. The Bertz CT molecular complexity index is 1010. The quantitative estimate of drug-likeness (QED) is 0.564. The summed E-state index contributed by atoms with van der Waals surface area (Å²) in [6, 6.07) is 9.42. The van der Waals surface area contributed by atoms with Crippen molar-refractivity contribution in [1.29, 1.82) is 5.26 Å². The zero-order valence-electron chi connectivity index (χ0n) is 15.8. The number of carbonyl (C=O) groups is 3. The predicted molar refractivity (Wildman–Crippen MR) is 111 cm³/mol. The highest BCUT2D eigenvalue weighted by Crippen LogP contribution is 2.35. The van der Waals surface area contributed by atoms with Crippen LogP contribution < -0.4 is 15.4 Å². The van der Waals surface area contributed by atoms with Gasteiger partial charge in [0.25, 0.3) is 5.91 Å². The number of carboxylic acid groups (broad SMARTS) is 1. The van der Waals surface area contributed by atoms with Crippen LogP contribution in [0.25, 0.3) is 0 Å². The molecule has 2 rings (SSSR count). The average Bonchev–Trinajstić information content (AvgIpc) is 2.70. The van der Waals surface area contributed by atoms with Gasteiger partial charge in [0, 0.05) is 17.7 Å². The number of aliphatic carboxylic acids is 1. The van der Waals surface area contributed by atoms with Gasteiger partial charge in [-0.1, -0.05) is 30.1 Å². The molecular weight excluding hydrogens is 433 g/mol. The zero-order chi connectivity index (χ0) is 22.3. The van der Waals surface area contributed by atoms with Crippen molar-refractivity contribution >= 4 is 46.7 Å². The van der Waals surface area contributed by atoms with Crippen molar-refractivity contribution in [1.82, 2.24) is 5.32 Å². The van der Waals surface area contributed by atoms with E-state index in [1.807, 2.05) is 6.07 Å². The average molecular weight is 450 g/mol. The smallest absolute Gasteiger partial charge is 0.322 e. The second-order valence-corrected chi connectivity index (χ2v) is 6.88. The van der Waals surface area contributed by atoms with Crippen LogP contribution in [-0.2, 0) is 16.2 Å². The maximum absolute atomic E-state index is 12.0. The molecule has 2 aromatic carbocycles. The number of anilines is 1. The van der Waals surface area contributed by atoms with Crippen molar-refractivity contribution in [3.05, 3.63) is 57.1 Å². The largest absolute Gasteiger partial charge is 0.486 e. The van der Waals surface area contributed by atoms with Crippen LogP contribution in [0.3, 0.4) is 0 Å². The number of halogens is 2. The molecule has 0 aliphatic rings. The molecule has 3 N–H and O–H groups in total. The summed E-state index contributed by atoms with van der Waals surface area (Å²) in [5.41, 5.74) is 1.47. The van der Waals surface area contributed by atoms with Gasteiger partial charge in [0.05, 0.1) is 21.7 Å². The van der Waals surface area contributed by atoms with E-state index in [0.717, 1.165) is 0 Å². The lowest BCUT2D eigenvalue weighted by Gasteiger charge is -2.13. The zero-order valence-corrected chi connectivity index (χ0v) is 17.3. The normalized spacial score (nSPS) is 10.1. The van der Waals surface area contributed by atoms with Crippen LogP contribution in [0.1, 0.15) is 34.8 Å². The minimum atomic E-state index is -1.19. The molecule has 8 nitrogen and oxygen atoms in total. The molecule has 2 amide bonds. The number of hydrogen-bond donors (Lipinski definition) is 3. The van der Waals surface area contributed by atoms with Gasteiger partial charge in [0.1, 0.15) is 13.2 Å². The van der Waals surface area contributed by atoms with Gasteiger partial charge < -0.3 is 20.5 Å². The number of amides is 2. The van der Waals surface area contributed by atoms with E-state index in [0.29, 0.717) is 23.2 Å². The summed E-state index contributed by atoms with van der Waals surface area (Å²) in [4.78, 5) is 34.1. The Morgan fingerprint density at radius 1 is 1.13 bits per heavy atom. The van der Waals surface area contributed by atoms with Crippen molar-refractivity contribution < 1.29 is 24.2 Å². The fourth-order valence-electron chi connectivity index (χ4n) is 2.40. The molecule has 0 spiro atoms. The van der Waals surface area contributed by atoms with Crippen LogP contribution in [-0.4, -0.2) is 29.4 Å². The van der Waals surface area contributed by atoms with E-state index in [4.69, 9.17) is 33.0 Å². The first-order valence-electron chi connectivity index (χ1n) is 8.69. The van der Waals surface area contributed by atoms with Crippen molar-refractivity contribution in [2.75, 3.05) is 11.9 Å². The summed E-state index contributed by atoms with van der Waals surface area (Å²) in [5.74, 6) is -1.91. The lowest BCUT2D eigenvalue weighted by molar-refractivity contribution is -0.135. The Morgan fingerprint density at radius 3 is 2.37 bits per heavy atom. The topological polar surface area (TPSA) is 129 Å². The van der Waals surface area contributed by atoms with Crippen molar-refractivity contribution in [3.8, 4) is 11.8 Å². The monoisotopic (exact) mass is 449 g/mol. The number of carbonyl (C=O) groups excluding carboxylic acids is 2. The number of carboxylic acids is 1. The van der Waals surface area contributed by atoms with E-state index >= 15 is 0 Å². The molecule has 0 saturated heterocycles. The number of nitriles is 1. The predicted octanol–water partition coefficient (Wildman–Crippen LogP) is 3.61. The first-order valence-corrected chi connectivity index (χ1v) is 9.44. The molecule has 0 unspecified atom stereocenters. The summed E-state index contributed by atoms with van der Waals surface area (Å²) in [7, 11) is 0. The second-order valence-electron chi connectivity index (χ2n) is 6.07. The lowest BCUT2D eigenvalue weighted by Crippen LogP contribution is -2.29. The van der Waals surface area contributed by atoms with Crippen LogP contribution in [0, 0.1) is 11.3 Å². The molecule has 0 heterocycles. The number of nitrogens with one attached hydrogen (secondary N) is 2. The summed E-state index contributed by atoms with van der Waals surface area (Å²) < 4.78 is 5.66. The Hall–Kier alpha value is -3.28. The number of benzene rings is 2. The molecule has 0 aliphatic carbocycles.